The molecule has 1 atom stereocenters. The Morgan fingerprint density at radius 3 is 2.88 bits per heavy atom. The zero-order chi connectivity index (χ0) is 17.6. The van der Waals surface area contributed by atoms with E-state index in [2.05, 4.69) is 5.32 Å². The maximum atomic E-state index is 6.17. The van der Waals surface area contributed by atoms with Gasteiger partial charge in [0.2, 0.25) is 0 Å². The van der Waals surface area contributed by atoms with Gasteiger partial charge in [0.1, 0.15) is 17.3 Å². The van der Waals surface area contributed by atoms with E-state index in [1.54, 1.807) is 12.1 Å². The van der Waals surface area contributed by atoms with Gasteiger partial charge < -0.3 is 14.8 Å². The number of nitrogens with one attached hydrogen (secondary N) is 1. The average Bonchev–Trinajstić information content (AvgIpc) is 3.13. The molecule has 1 aliphatic rings. The first kappa shape index (κ1) is 18.5. The normalized spacial score (nSPS) is 16.6. The summed E-state index contributed by atoms with van der Waals surface area (Å²) >= 11 is 17.6. The van der Waals surface area contributed by atoms with Crippen molar-refractivity contribution in [2.24, 2.45) is 0 Å². The molecule has 1 fully saturated rings. The fourth-order valence-corrected chi connectivity index (χ4v) is 3.31. The Morgan fingerprint density at radius 2 is 2.12 bits per heavy atom. The molecule has 1 aliphatic heterocycles. The van der Waals surface area contributed by atoms with Gasteiger partial charge in [-0.1, -0.05) is 53.6 Å². The minimum Gasteiger partial charge on any atom is -0.489 e. The molecule has 1 N–H and O–H groups in total. The van der Waals surface area contributed by atoms with Gasteiger partial charge in [0.25, 0.3) is 0 Å². The Morgan fingerprint density at radius 1 is 1.24 bits per heavy atom. The average molecular weight is 396 g/mol. The van der Waals surface area contributed by atoms with Gasteiger partial charge >= 0.3 is 0 Å². The molecule has 132 valence electrons. The predicted molar refractivity (Wildman–Crippen MR) is 106 cm³/mol. The van der Waals surface area contributed by atoms with Gasteiger partial charge in [-0.25, -0.2) is 0 Å². The molecule has 0 amide bonds. The van der Waals surface area contributed by atoms with Gasteiger partial charge in [-0.3, -0.25) is 0 Å². The minimum atomic E-state index is 0.254. The second kappa shape index (κ2) is 8.86. The third kappa shape index (κ3) is 5.32. The van der Waals surface area contributed by atoms with Crippen LogP contribution in [0.4, 0.5) is 0 Å². The highest BCUT2D eigenvalue weighted by atomic mass is 35.5. The van der Waals surface area contributed by atoms with Crippen LogP contribution in [0, 0.1) is 0 Å². The minimum absolute atomic E-state index is 0.254. The second-order valence-electron chi connectivity index (χ2n) is 5.90. The maximum absolute atomic E-state index is 6.17. The van der Waals surface area contributed by atoms with Crippen LogP contribution in [-0.4, -0.2) is 24.2 Å². The summed E-state index contributed by atoms with van der Waals surface area (Å²) in [5, 5.41) is 4.48. The summed E-state index contributed by atoms with van der Waals surface area (Å²) in [4.78, 5) is 0.700. The largest absolute Gasteiger partial charge is 0.489 e. The van der Waals surface area contributed by atoms with Crippen molar-refractivity contribution >= 4 is 40.4 Å². The van der Waals surface area contributed by atoms with E-state index in [-0.39, 0.29) is 6.10 Å². The van der Waals surface area contributed by atoms with Crippen molar-refractivity contribution in [3.8, 4) is 5.75 Å². The van der Waals surface area contributed by atoms with Gasteiger partial charge in [0.05, 0.1) is 6.10 Å². The van der Waals surface area contributed by atoms with Crippen LogP contribution < -0.4 is 10.1 Å². The number of halogens is 2. The van der Waals surface area contributed by atoms with E-state index >= 15 is 0 Å². The molecule has 0 radical (unpaired) electrons. The fourth-order valence-electron chi connectivity index (χ4n) is 2.64. The number of hydrogen-bond donors (Lipinski definition) is 1. The molecule has 0 spiro atoms. The summed E-state index contributed by atoms with van der Waals surface area (Å²) in [5.41, 5.74) is 1.81. The molecule has 3 nitrogen and oxygen atoms in total. The zero-order valence-electron chi connectivity index (χ0n) is 13.6. The predicted octanol–water partition coefficient (Wildman–Crippen LogP) is 5.02. The summed E-state index contributed by atoms with van der Waals surface area (Å²) in [6, 6.07) is 13.1. The van der Waals surface area contributed by atoms with Crippen LogP contribution in [0.15, 0.2) is 42.5 Å². The van der Waals surface area contributed by atoms with E-state index in [0.29, 0.717) is 21.6 Å². The molecule has 3 rings (SSSR count). The first-order valence-electron chi connectivity index (χ1n) is 8.18. The number of rotatable bonds is 6. The molecule has 6 heteroatoms. The molecule has 0 aliphatic carbocycles. The molecule has 1 heterocycles. The highest BCUT2D eigenvalue weighted by Gasteiger charge is 2.15. The molecule has 25 heavy (non-hydrogen) atoms. The molecule has 2 aromatic rings. The SMILES string of the molecule is S=C(NC[C@H]1CCCO1)c1cccc(OCc2ccc(Cl)cc2Cl)c1. The third-order valence-corrected chi connectivity index (χ3v) is 4.99. The van der Waals surface area contributed by atoms with Gasteiger partial charge in [0, 0.05) is 34.3 Å². The Balaban J connectivity index is 1.57. The topological polar surface area (TPSA) is 30.5 Å². The molecule has 0 unspecified atom stereocenters. The Bertz CT molecular complexity index is 748. The molecular weight excluding hydrogens is 377 g/mol. The van der Waals surface area contributed by atoms with Crippen molar-refractivity contribution in [2.75, 3.05) is 13.2 Å². The maximum Gasteiger partial charge on any atom is 0.120 e. The van der Waals surface area contributed by atoms with Crippen LogP contribution >= 0.6 is 35.4 Å². The molecule has 2 aromatic carbocycles. The Labute approximate surface area is 163 Å². The van der Waals surface area contributed by atoms with E-state index in [9.17, 15) is 0 Å². The van der Waals surface area contributed by atoms with Gasteiger partial charge in [0.15, 0.2) is 0 Å². The smallest absolute Gasteiger partial charge is 0.120 e. The van der Waals surface area contributed by atoms with Crippen molar-refractivity contribution in [1.82, 2.24) is 5.32 Å². The van der Waals surface area contributed by atoms with Crippen LogP contribution in [0.5, 0.6) is 5.75 Å². The van der Waals surface area contributed by atoms with Crippen molar-refractivity contribution in [1.29, 1.82) is 0 Å². The zero-order valence-corrected chi connectivity index (χ0v) is 16.0. The standard InChI is InChI=1S/C19H19Cl2NO2S/c20-15-7-6-14(18(21)10-15)12-24-16-4-1-3-13(9-16)19(25)22-11-17-5-2-8-23-17/h1,3-4,6-7,9-10,17H,2,5,8,11-12H2,(H,22,25)/t17-/m1/s1. The van der Waals surface area contributed by atoms with Crippen LogP contribution in [0.25, 0.3) is 0 Å². The molecule has 0 saturated carbocycles. The lowest BCUT2D eigenvalue weighted by Crippen LogP contribution is -2.31. The second-order valence-corrected chi connectivity index (χ2v) is 7.15. The monoisotopic (exact) mass is 395 g/mol. The van der Waals surface area contributed by atoms with Gasteiger partial charge in [-0.15, -0.1) is 0 Å². The summed E-state index contributed by atoms with van der Waals surface area (Å²) < 4.78 is 11.4. The van der Waals surface area contributed by atoms with Gasteiger partial charge in [-0.05, 0) is 37.1 Å². The quantitative estimate of drug-likeness (QED) is 0.695. The van der Waals surface area contributed by atoms with Crippen molar-refractivity contribution < 1.29 is 9.47 Å². The molecular formula is C19H19Cl2NO2S. The first-order chi connectivity index (χ1) is 12.1. The Hall–Kier alpha value is -1.33. The lowest BCUT2D eigenvalue weighted by molar-refractivity contribution is 0.114. The van der Waals surface area contributed by atoms with E-state index in [1.807, 2.05) is 30.3 Å². The van der Waals surface area contributed by atoms with Crippen molar-refractivity contribution in [3.63, 3.8) is 0 Å². The number of ether oxygens (including phenoxy) is 2. The highest BCUT2D eigenvalue weighted by Crippen LogP contribution is 2.23. The highest BCUT2D eigenvalue weighted by molar-refractivity contribution is 7.80. The Kier molecular flexibility index (Phi) is 6.54. The van der Waals surface area contributed by atoms with Crippen LogP contribution in [0.3, 0.4) is 0 Å². The fraction of sp³-hybridized carbons (Fsp3) is 0.316. The van der Waals surface area contributed by atoms with Crippen LogP contribution in [0.1, 0.15) is 24.0 Å². The van der Waals surface area contributed by atoms with Crippen LogP contribution in [0.2, 0.25) is 10.0 Å². The van der Waals surface area contributed by atoms with Crippen molar-refractivity contribution in [3.05, 3.63) is 63.6 Å². The molecule has 1 saturated heterocycles. The molecule has 0 aromatic heterocycles. The number of thiocarbonyl (C=S) groups is 1. The van der Waals surface area contributed by atoms with Crippen LogP contribution in [-0.2, 0) is 11.3 Å². The number of benzene rings is 2. The summed E-state index contributed by atoms with van der Waals surface area (Å²) in [7, 11) is 0. The van der Waals surface area contributed by atoms with E-state index < -0.39 is 0 Å². The molecule has 0 bridgehead atoms. The summed E-state index contributed by atoms with van der Waals surface area (Å²) in [6.07, 6.45) is 2.46. The summed E-state index contributed by atoms with van der Waals surface area (Å²) in [6.45, 7) is 1.95. The van der Waals surface area contributed by atoms with E-state index in [0.717, 1.165) is 42.9 Å². The van der Waals surface area contributed by atoms with E-state index in [1.165, 1.54) is 0 Å². The lowest BCUT2D eigenvalue weighted by atomic mass is 10.2. The van der Waals surface area contributed by atoms with Gasteiger partial charge in [-0.2, -0.15) is 0 Å². The van der Waals surface area contributed by atoms with Crippen molar-refractivity contribution in [2.45, 2.75) is 25.6 Å². The lowest BCUT2D eigenvalue weighted by Gasteiger charge is -2.14. The first-order valence-corrected chi connectivity index (χ1v) is 9.35. The summed E-state index contributed by atoms with van der Waals surface area (Å²) in [5.74, 6) is 0.741. The third-order valence-electron chi connectivity index (χ3n) is 4.02. The van der Waals surface area contributed by atoms with E-state index in [4.69, 9.17) is 44.9 Å². The number of hydrogen-bond acceptors (Lipinski definition) is 3.